The van der Waals surface area contributed by atoms with Gasteiger partial charge in [-0.05, 0) is 25.0 Å². The minimum Gasteiger partial charge on any atom is -0.285 e. The quantitative estimate of drug-likeness (QED) is 0.609. The van der Waals surface area contributed by atoms with Crippen LogP contribution in [0.15, 0.2) is 23.9 Å². The van der Waals surface area contributed by atoms with Crippen LogP contribution in [0.25, 0.3) is 0 Å². The number of rotatable bonds is 3. The van der Waals surface area contributed by atoms with Gasteiger partial charge in [-0.15, -0.1) is 0 Å². The predicted molar refractivity (Wildman–Crippen MR) is 53.9 cm³/mol. The molecule has 1 aliphatic heterocycles. The molecule has 1 heterocycles. The summed E-state index contributed by atoms with van der Waals surface area (Å²) in [5, 5.41) is 0. The Morgan fingerprint density at radius 1 is 1.58 bits per heavy atom. The average molecular weight is 186 g/mol. The van der Waals surface area contributed by atoms with Gasteiger partial charge in [0.1, 0.15) is 0 Å². The Labute approximate surface area is 79.8 Å². The second-order valence-corrected chi connectivity index (χ2v) is 3.64. The monoisotopic (exact) mass is 185 g/mol. The molecule has 0 aromatic rings. The van der Waals surface area contributed by atoms with Crippen LogP contribution in [-0.2, 0) is 0 Å². The molecule has 0 amide bonds. The SMILES string of the molecule is CCCCC1C(C)=CC=CN1Cl. The summed E-state index contributed by atoms with van der Waals surface area (Å²) in [4.78, 5) is 0. The fourth-order valence-corrected chi connectivity index (χ4v) is 1.75. The molecule has 0 radical (unpaired) electrons. The fraction of sp³-hybridized carbons (Fsp3) is 0.600. The molecule has 0 aromatic heterocycles. The van der Waals surface area contributed by atoms with E-state index in [1.807, 2.05) is 12.3 Å². The maximum absolute atomic E-state index is 6.02. The lowest BCUT2D eigenvalue weighted by molar-refractivity contribution is 0.433. The lowest BCUT2D eigenvalue weighted by Crippen LogP contribution is -2.25. The van der Waals surface area contributed by atoms with Gasteiger partial charge in [0, 0.05) is 18.0 Å². The number of unbranched alkanes of at least 4 members (excludes halogenated alkanes) is 1. The van der Waals surface area contributed by atoms with Crippen LogP contribution in [0.5, 0.6) is 0 Å². The third-order valence-electron chi connectivity index (χ3n) is 2.24. The zero-order valence-corrected chi connectivity index (χ0v) is 8.51. The highest BCUT2D eigenvalue weighted by atomic mass is 35.5. The fourth-order valence-electron chi connectivity index (χ4n) is 1.44. The number of hydrogen-bond acceptors (Lipinski definition) is 1. The van der Waals surface area contributed by atoms with Crippen LogP contribution in [0.2, 0.25) is 0 Å². The van der Waals surface area contributed by atoms with E-state index in [0.717, 1.165) is 6.42 Å². The van der Waals surface area contributed by atoms with Crippen molar-refractivity contribution in [2.24, 2.45) is 0 Å². The molecule has 1 atom stereocenters. The molecule has 0 aromatic carbocycles. The van der Waals surface area contributed by atoms with E-state index in [1.54, 1.807) is 4.42 Å². The summed E-state index contributed by atoms with van der Waals surface area (Å²) in [6, 6.07) is 0.414. The molecule has 1 unspecified atom stereocenters. The summed E-state index contributed by atoms with van der Waals surface area (Å²) in [5.41, 5.74) is 1.36. The number of hydrogen-bond donors (Lipinski definition) is 0. The third kappa shape index (κ3) is 2.28. The predicted octanol–water partition coefficient (Wildman–Crippen LogP) is 3.47. The van der Waals surface area contributed by atoms with Crippen LogP contribution in [0, 0.1) is 0 Å². The van der Waals surface area contributed by atoms with E-state index in [1.165, 1.54) is 18.4 Å². The van der Waals surface area contributed by atoms with Crippen molar-refractivity contribution in [1.82, 2.24) is 4.42 Å². The molecule has 1 nitrogen and oxygen atoms in total. The van der Waals surface area contributed by atoms with Crippen molar-refractivity contribution in [2.75, 3.05) is 0 Å². The van der Waals surface area contributed by atoms with Crippen LogP contribution < -0.4 is 0 Å². The first kappa shape index (κ1) is 9.66. The zero-order chi connectivity index (χ0) is 8.97. The molecule has 0 bridgehead atoms. The first-order valence-electron chi connectivity index (χ1n) is 4.54. The van der Waals surface area contributed by atoms with Crippen molar-refractivity contribution in [3.63, 3.8) is 0 Å². The zero-order valence-electron chi connectivity index (χ0n) is 7.76. The Kier molecular flexibility index (Phi) is 3.67. The molecular formula is C10H16ClN. The van der Waals surface area contributed by atoms with Gasteiger partial charge in [-0.25, -0.2) is 0 Å². The van der Waals surface area contributed by atoms with Crippen molar-refractivity contribution >= 4 is 11.8 Å². The van der Waals surface area contributed by atoms with Gasteiger partial charge in [-0.3, -0.25) is 4.42 Å². The molecule has 0 aliphatic carbocycles. The van der Waals surface area contributed by atoms with E-state index in [-0.39, 0.29) is 0 Å². The van der Waals surface area contributed by atoms with E-state index < -0.39 is 0 Å². The Hall–Kier alpha value is -0.430. The highest BCUT2D eigenvalue weighted by Crippen LogP contribution is 2.22. The molecule has 0 fully saturated rings. The minimum absolute atomic E-state index is 0.414. The van der Waals surface area contributed by atoms with Crippen LogP contribution >= 0.6 is 11.8 Å². The lowest BCUT2D eigenvalue weighted by atomic mass is 10.0. The van der Waals surface area contributed by atoms with Crippen LogP contribution in [0.3, 0.4) is 0 Å². The molecule has 12 heavy (non-hydrogen) atoms. The largest absolute Gasteiger partial charge is 0.285 e. The summed E-state index contributed by atoms with van der Waals surface area (Å²) in [5.74, 6) is 0. The van der Waals surface area contributed by atoms with Gasteiger partial charge in [0.05, 0.1) is 6.04 Å². The van der Waals surface area contributed by atoms with E-state index in [4.69, 9.17) is 11.8 Å². The maximum Gasteiger partial charge on any atom is 0.0662 e. The third-order valence-corrected chi connectivity index (χ3v) is 2.59. The van der Waals surface area contributed by atoms with E-state index in [0.29, 0.717) is 6.04 Å². The Morgan fingerprint density at radius 3 is 2.92 bits per heavy atom. The van der Waals surface area contributed by atoms with Crippen molar-refractivity contribution < 1.29 is 0 Å². The molecule has 0 saturated heterocycles. The van der Waals surface area contributed by atoms with Gasteiger partial charge >= 0.3 is 0 Å². The second-order valence-electron chi connectivity index (χ2n) is 3.25. The van der Waals surface area contributed by atoms with Crippen LogP contribution in [0.1, 0.15) is 33.1 Å². The minimum atomic E-state index is 0.414. The molecule has 0 N–H and O–H groups in total. The van der Waals surface area contributed by atoms with Gasteiger partial charge in [0.25, 0.3) is 0 Å². The Bertz CT molecular complexity index is 196. The van der Waals surface area contributed by atoms with E-state index in [9.17, 15) is 0 Å². The Morgan fingerprint density at radius 2 is 2.33 bits per heavy atom. The summed E-state index contributed by atoms with van der Waals surface area (Å²) in [7, 11) is 0. The number of halogens is 1. The van der Waals surface area contributed by atoms with Crippen molar-refractivity contribution in [3.05, 3.63) is 23.9 Å². The molecule has 2 heteroatoms. The smallest absolute Gasteiger partial charge is 0.0662 e. The van der Waals surface area contributed by atoms with Gasteiger partial charge in [0.2, 0.25) is 0 Å². The number of allylic oxidation sites excluding steroid dienone is 2. The molecule has 68 valence electrons. The maximum atomic E-state index is 6.02. The summed E-state index contributed by atoms with van der Waals surface area (Å²) >= 11 is 6.02. The van der Waals surface area contributed by atoms with Crippen LogP contribution in [-0.4, -0.2) is 10.5 Å². The summed E-state index contributed by atoms with van der Waals surface area (Å²) < 4.78 is 1.78. The average Bonchev–Trinajstić information content (AvgIpc) is 2.04. The summed E-state index contributed by atoms with van der Waals surface area (Å²) in [6.07, 6.45) is 9.69. The first-order valence-corrected chi connectivity index (χ1v) is 4.88. The van der Waals surface area contributed by atoms with Gasteiger partial charge in [-0.2, -0.15) is 0 Å². The first-order chi connectivity index (χ1) is 5.75. The number of nitrogens with zero attached hydrogens (tertiary/aromatic N) is 1. The Balaban J connectivity index is 2.50. The normalized spacial score (nSPS) is 22.8. The van der Waals surface area contributed by atoms with Crippen LogP contribution in [0.4, 0.5) is 0 Å². The molecule has 0 spiro atoms. The summed E-state index contributed by atoms with van der Waals surface area (Å²) in [6.45, 7) is 4.34. The van der Waals surface area contributed by atoms with Crippen molar-refractivity contribution in [2.45, 2.75) is 39.2 Å². The standard InChI is InChI=1S/C10H16ClN/c1-3-4-7-10-9(2)6-5-8-12(10)11/h5-6,8,10H,3-4,7H2,1-2H3. The molecular weight excluding hydrogens is 170 g/mol. The van der Waals surface area contributed by atoms with Crippen molar-refractivity contribution in [3.8, 4) is 0 Å². The van der Waals surface area contributed by atoms with E-state index >= 15 is 0 Å². The topological polar surface area (TPSA) is 3.24 Å². The van der Waals surface area contributed by atoms with Gasteiger partial charge < -0.3 is 0 Å². The van der Waals surface area contributed by atoms with Crippen molar-refractivity contribution in [1.29, 1.82) is 0 Å². The lowest BCUT2D eigenvalue weighted by Gasteiger charge is -2.27. The van der Waals surface area contributed by atoms with Gasteiger partial charge in [-0.1, -0.05) is 25.8 Å². The van der Waals surface area contributed by atoms with E-state index in [2.05, 4.69) is 19.9 Å². The molecule has 1 aliphatic rings. The molecule has 1 rings (SSSR count). The second kappa shape index (κ2) is 4.56. The highest BCUT2D eigenvalue weighted by Gasteiger charge is 2.16. The molecule has 0 saturated carbocycles. The highest BCUT2D eigenvalue weighted by molar-refractivity contribution is 6.14. The van der Waals surface area contributed by atoms with Gasteiger partial charge in [0.15, 0.2) is 0 Å².